The van der Waals surface area contributed by atoms with E-state index in [9.17, 15) is 14.7 Å². The van der Waals surface area contributed by atoms with Gasteiger partial charge in [0, 0.05) is 12.5 Å². The summed E-state index contributed by atoms with van der Waals surface area (Å²) in [6.45, 7) is 0. The minimum absolute atomic E-state index is 0. The van der Waals surface area contributed by atoms with Crippen molar-refractivity contribution in [3.8, 4) is 0 Å². The summed E-state index contributed by atoms with van der Waals surface area (Å²) >= 11 is 0. The van der Waals surface area contributed by atoms with Crippen LogP contribution in [0.5, 0.6) is 0 Å². The van der Waals surface area contributed by atoms with Crippen molar-refractivity contribution in [1.29, 1.82) is 0 Å². The molecule has 58 valence electrons. The monoisotopic (exact) mass is 191 g/mol. The molecule has 2 aliphatic rings. The molecule has 1 saturated heterocycles. The van der Waals surface area contributed by atoms with Crippen molar-refractivity contribution in [2.75, 3.05) is 0 Å². The first-order valence-electron chi connectivity index (χ1n) is 3.43. The number of carbonyl (C=O) groups excluding carboxylic acids is 2. The van der Waals surface area contributed by atoms with Gasteiger partial charge in [0.25, 0.3) is 0 Å². The molecule has 1 unspecified atom stereocenters. The number of rotatable bonds is 1. The maximum atomic E-state index is 10.8. The van der Waals surface area contributed by atoms with Crippen molar-refractivity contribution >= 4 is 11.9 Å². The van der Waals surface area contributed by atoms with Gasteiger partial charge in [0.1, 0.15) is 0 Å². The zero-order valence-electron chi connectivity index (χ0n) is 6.74. The fourth-order valence-corrected chi connectivity index (χ4v) is 1.53. The first kappa shape index (κ1) is 10.4. The van der Waals surface area contributed by atoms with E-state index in [1.54, 1.807) is 6.08 Å². The van der Waals surface area contributed by atoms with Gasteiger partial charge in [0.05, 0.1) is 11.7 Å². The molecule has 0 saturated carbocycles. The van der Waals surface area contributed by atoms with Crippen LogP contribution in [0.4, 0.5) is 0 Å². The van der Waals surface area contributed by atoms with Gasteiger partial charge in [0.15, 0.2) is 0 Å². The van der Waals surface area contributed by atoms with Gasteiger partial charge >= 0.3 is 51.4 Å². The Bertz CT molecular complexity index is 274. The minimum Gasteiger partial charge on any atom is -0.543 e. The first-order chi connectivity index (χ1) is 5.20. The summed E-state index contributed by atoms with van der Waals surface area (Å²) in [5.41, 5.74) is 0.0475. The van der Waals surface area contributed by atoms with Crippen LogP contribution in [0.1, 0.15) is 12.8 Å². The van der Waals surface area contributed by atoms with Gasteiger partial charge < -0.3 is 14.8 Å². The van der Waals surface area contributed by atoms with Crippen LogP contribution in [0, 0.1) is 0 Å². The maximum absolute atomic E-state index is 10.8. The predicted molar refractivity (Wildman–Crippen MR) is 33.0 cm³/mol. The molecule has 4 nitrogen and oxygen atoms in total. The Morgan fingerprint density at radius 3 is 2.75 bits per heavy atom. The fourth-order valence-electron chi connectivity index (χ4n) is 1.53. The zero-order chi connectivity index (χ0) is 8.01. The second kappa shape index (κ2) is 3.59. The molecule has 0 aliphatic carbocycles. The summed E-state index contributed by atoms with van der Waals surface area (Å²) in [4.78, 5) is 22.5. The number of hydrogen-bond donors (Lipinski definition) is 0. The van der Waals surface area contributed by atoms with Crippen molar-refractivity contribution in [3.05, 3.63) is 11.8 Å². The third kappa shape index (κ3) is 1.40. The quantitative estimate of drug-likeness (QED) is 0.311. The minimum atomic E-state index is -1.25. The molecule has 0 radical (unpaired) electrons. The van der Waals surface area contributed by atoms with Crippen molar-refractivity contribution in [2.24, 2.45) is 0 Å². The van der Waals surface area contributed by atoms with Crippen molar-refractivity contribution in [2.45, 2.75) is 18.9 Å². The number of aliphatic carboxylic acids is 1. The van der Waals surface area contributed by atoms with E-state index in [1.165, 1.54) is 4.90 Å². The number of nitrogens with zero attached hydrogens (tertiary/aromatic N) is 1. The van der Waals surface area contributed by atoms with Crippen molar-refractivity contribution in [1.82, 2.24) is 4.90 Å². The Kier molecular flexibility index (Phi) is 3.11. The van der Waals surface area contributed by atoms with Gasteiger partial charge in [-0.3, -0.25) is 4.79 Å². The van der Waals surface area contributed by atoms with Crippen LogP contribution >= 0.6 is 0 Å². The molecule has 0 aromatic rings. The second-order valence-electron chi connectivity index (χ2n) is 2.73. The van der Waals surface area contributed by atoms with Gasteiger partial charge in [0.2, 0.25) is 5.91 Å². The van der Waals surface area contributed by atoms with Crippen molar-refractivity contribution in [3.63, 3.8) is 0 Å². The molecule has 1 amide bonds. The predicted octanol–water partition coefficient (Wildman–Crippen LogP) is -4.37. The molecular weight excluding hydrogens is 185 g/mol. The summed E-state index contributed by atoms with van der Waals surface area (Å²) in [5.74, 6) is -1.36. The Morgan fingerprint density at radius 2 is 2.33 bits per heavy atom. The number of carbonyl (C=O) groups is 2. The molecule has 12 heavy (non-hydrogen) atoms. The van der Waals surface area contributed by atoms with Crippen LogP contribution in [0.3, 0.4) is 0 Å². The standard InChI is InChI=1S/C7H7NO3.K/c9-6-3-4-1-2-5(7(10)11)8(4)6;/h2,4H,1,3H2,(H,10,11);/q;+1/p-1. The molecule has 1 fully saturated rings. The van der Waals surface area contributed by atoms with E-state index in [1.807, 2.05) is 0 Å². The number of carboxylic acid groups (broad SMARTS) is 1. The molecule has 1 atom stereocenters. The van der Waals surface area contributed by atoms with Gasteiger partial charge in [-0.15, -0.1) is 0 Å². The molecule has 0 N–H and O–H groups in total. The largest absolute Gasteiger partial charge is 1.00 e. The third-order valence-electron chi connectivity index (χ3n) is 2.10. The number of hydrogen-bond acceptors (Lipinski definition) is 3. The Labute approximate surface area is 112 Å². The number of carboxylic acids is 1. The second-order valence-corrected chi connectivity index (χ2v) is 2.73. The number of fused-ring (bicyclic) bond motifs is 1. The average molecular weight is 191 g/mol. The summed E-state index contributed by atoms with van der Waals surface area (Å²) in [6, 6.07) is 0.107. The van der Waals surface area contributed by atoms with Gasteiger partial charge in [-0.25, -0.2) is 0 Å². The van der Waals surface area contributed by atoms with Crippen LogP contribution < -0.4 is 56.5 Å². The molecular formula is C7H6KNO3. The molecule has 2 aliphatic heterocycles. The fraction of sp³-hybridized carbons (Fsp3) is 0.429. The first-order valence-corrected chi connectivity index (χ1v) is 3.43. The summed E-state index contributed by atoms with van der Waals surface area (Å²) in [6.07, 6.45) is 2.69. The molecule has 0 aromatic carbocycles. The summed E-state index contributed by atoms with van der Waals surface area (Å²) in [5, 5.41) is 10.4. The van der Waals surface area contributed by atoms with Crippen LogP contribution in [0.2, 0.25) is 0 Å². The molecule has 2 rings (SSSR count). The summed E-state index contributed by atoms with van der Waals surface area (Å²) in [7, 11) is 0. The Morgan fingerprint density at radius 1 is 1.67 bits per heavy atom. The SMILES string of the molecule is O=C([O-])C1=CCC2CC(=O)N12.[K+]. The van der Waals surface area contributed by atoms with E-state index < -0.39 is 5.97 Å². The molecule has 0 spiro atoms. The van der Waals surface area contributed by atoms with Crippen LogP contribution in [-0.4, -0.2) is 22.8 Å². The smallest absolute Gasteiger partial charge is 0.543 e. The zero-order valence-corrected chi connectivity index (χ0v) is 9.86. The summed E-state index contributed by atoms with van der Waals surface area (Å²) < 4.78 is 0. The molecule has 2 heterocycles. The normalized spacial score (nSPS) is 25.3. The third-order valence-corrected chi connectivity index (χ3v) is 2.10. The van der Waals surface area contributed by atoms with Crippen LogP contribution in [0.25, 0.3) is 0 Å². The van der Waals surface area contributed by atoms with Crippen LogP contribution in [-0.2, 0) is 9.59 Å². The van der Waals surface area contributed by atoms with Gasteiger partial charge in [-0.1, -0.05) is 6.08 Å². The topological polar surface area (TPSA) is 60.4 Å². The number of β-lactam (4-membered cyclic amide) rings is 1. The van der Waals surface area contributed by atoms with E-state index in [-0.39, 0.29) is 69.0 Å². The Balaban J connectivity index is 0.000000720. The van der Waals surface area contributed by atoms with Gasteiger partial charge in [-0.2, -0.15) is 0 Å². The van der Waals surface area contributed by atoms with E-state index in [2.05, 4.69) is 0 Å². The van der Waals surface area contributed by atoms with E-state index in [0.717, 1.165) is 0 Å². The maximum Gasteiger partial charge on any atom is 1.00 e. The molecule has 0 bridgehead atoms. The van der Waals surface area contributed by atoms with E-state index in [0.29, 0.717) is 12.8 Å². The van der Waals surface area contributed by atoms with E-state index >= 15 is 0 Å². The average Bonchev–Trinajstić information content (AvgIpc) is 2.25. The van der Waals surface area contributed by atoms with E-state index in [4.69, 9.17) is 0 Å². The molecule has 0 aromatic heterocycles. The Hall–Kier alpha value is 0.316. The molecule has 5 heteroatoms. The van der Waals surface area contributed by atoms with Crippen LogP contribution in [0.15, 0.2) is 11.8 Å². The number of amides is 1. The van der Waals surface area contributed by atoms with Crippen molar-refractivity contribution < 1.29 is 66.1 Å². The van der Waals surface area contributed by atoms with Gasteiger partial charge in [-0.05, 0) is 6.42 Å².